The number of ether oxygens (including phenoxy) is 1. The minimum Gasteiger partial charge on any atom is -0.457 e. The van der Waals surface area contributed by atoms with E-state index in [1.165, 1.54) is 0 Å². The Morgan fingerprint density at radius 1 is 1.30 bits per heavy atom. The smallest absolute Gasteiger partial charge is 0.338 e. The molecule has 33 heavy (non-hydrogen) atoms. The van der Waals surface area contributed by atoms with Crippen LogP contribution in [0.15, 0.2) is 30.6 Å². The van der Waals surface area contributed by atoms with E-state index in [1.54, 1.807) is 17.5 Å². The lowest BCUT2D eigenvalue weighted by molar-refractivity contribution is 0.0535. The van der Waals surface area contributed by atoms with E-state index in [9.17, 15) is 4.79 Å². The highest BCUT2D eigenvalue weighted by Crippen LogP contribution is 2.31. The highest BCUT2D eigenvalue weighted by Gasteiger charge is 2.30. The minimum absolute atomic E-state index is 0.0602. The van der Waals surface area contributed by atoms with Crippen molar-refractivity contribution in [2.24, 2.45) is 5.73 Å². The summed E-state index contributed by atoms with van der Waals surface area (Å²) in [6.07, 6.45) is 3.33. The number of esters is 1. The number of nitrogens with one attached hydrogen (secondary N) is 1. The van der Waals surface area contributed by atoms with Crippen molar-refractivity contribution in [1.29, 1.82) is 5.26 Å². The molecular weight excluding hydrogens is 436 g/mol. The van der Waals surface area contributed by atoms with Gasteiger partial charge in [0.05, 0.1) is 23.0 Å². The number of aromatic nitrogens is 2. The van der Waals surface area contributed by atoms with E-state index in [1.807, 2.05) is 38.2 Å². The number of cyclic esters (lactones) is 1. The number of hydrogen-bond acceptors (Lipinski definition) is 9. The third-order valence-corrected chi connectivity index (χ3v) is 7.28. The molecule has 0 saturated carbocycles. The van der Waals surface area contributed by atoms with Crippen molar-refractivity contribution in [3.63, 3.8) is 0 Å². The van der Waals surface area contributed by atoms with Gasteiger partial charge >= 0.3 is 5.97 Å². The van der Waals surface area contributed by atoms with Crippen LogP contribution in [0.5, 0.6) is 0 Å². The fraction of sp³-hybridized carbons (Fsp3) is 0.333. The van der Waals surface area contributed by atoms with Gasteiger partial charge in [-0.3, -0.25) is 15.2 Å². The monoisotopic (exact) mass is 460 g/mol. The topological polar surface area (TPSA) is 117 Å². The zero-order valence-corrected chi connectivity index (χ0v) is 19.3. The fourth-order valence-electron chi connectivity index (χ4n) is 4.55. The quantitative estimate of drug-likeness (QED) is 0.571. The van der Waals surface area contributed by atoms with Crippen LogP contribution in [-0.2, 0) is 17.9 Å². The summed E-state index contributed by atoms with van der Waals surface area (Å²) in [5.41, 5.74) is 12.5. The Morgan fingerprint density at radius 2 is 2.15 bits per heavy atom. The van der Waals surface area contributed by atoms with Gasteiger partial charge in [-0.25, -0.2) is 9.78 Å². The van der Waals surface area contributed by atoms with Crippen LogP contribution in [0.1, 0.15) is 49.1 Å². The maximum absolute atomic E-state index is 11.9. The van der Waals surface area contributed by atoms with Crippen molar-refractivity contribution in [3.05, 3.63) is 68.9 Å². The molecule has 2 aliphatic heterocycles. The molecule has 2 atom stereocenters. The van der Waals surface area contributed by atoms with Crippen molar-refractivity contribution >= 4 is 17.3 Å². The number of aryl methyl sites for hydroxylation is 1. The summed E-state index contributed by atoms with van der Waals surface area (Å²) in [6.45, 7) is 6.55. The molecule has 8 nitrogen and oxygen atoms in total. The zero-order chi connectivity index (χ0) is 23.1. The Morgan fingerprint density at radius 3 is 2.94 bits per heavy atom. The summed E-state index contributed by atoms with van der Waals surface area (Å²) in [4.78, 5) is 24.3. The number of piperazine rings is 1. The normalized spacial score (nSPS) is 20.4. The molecular formula is C24H24N6O2S. The number of carbonyl (C=O) groups is 1. The number of fused-ring (bicyclic) bond motifs is 1. The van der Waals surface area contributed by atoms with Gasteiger partial charge in [0.2, 0.25) is 0 Å². The summed E-state index contributed by atoms with van der Waals surface area (Å²) < 4.78 is 5.21. The van der Waals surface area contributed by atoms with Crippen molar-refractivity contribution in [2.75, 3.05) is 13.1 Å². The summed E-state index contributed by atoms with van der Waals surface area (Å²) in [5, 5.41) is 13.5. The molecule has 0 aliphatic carbocycles. The molecule has 0 amide bonds. The highest BCUT2D eigenvalue weighted by molar-refractivity contribution is 7.14. The molecule has 5 rings (SSSR count). The summed E-state index contributed by atoms with van der Waals surface area (Å²) >= 11 is 1.61. The molecule has 0 spiro atoms. The third kappa shape index (κ3) is 4.14. The number of nitrogens with two attached hydrogens (primary N) is 1. The third-order valence-electron chi connectivity index (χ3n) is 6.28. The Hall–Kier alpha value is -3.16. The average molecular weight is 461 g/mol. The first-order valence-electron chi connectivity index (χ1n) is 10.8. The highest BCUT2D eigenvalue weighted by atomic mass is 32.1. The molecule has 0 radical (unpaired) electrons. The summed E-state index contributed by atoms with van der Waals surface area (Å²) in [6, 6.07) is 7.99. The molecule has 3 aromatic rings. The van der Waals surface area contributed by atoms with E-state index in [0.717, 1.165) is 57.5 Å². The summed E-state index contributed by atoms with van der Waals surface area (Å²) in [7, 11) is 0. The molecule has 4 heterocycles. The fourth-order valence-corrected chi connectivity index (χ4v) is 5.47. The van der Waals surface area contributed by atoms with E-state index < -0.39 is 0 Å². The number of nitrogens with zero attached hydrogens (tertiary/aromatic N) is 4. The molecule has 2 aromatic heterocycles. The molecule has 1 saturated heterocycles. The van der Waals surface area contributed by atoms with Gasteiger partial charge in [-0.1, -0.05) is 6.07 Å². The van der Waals surface area contributed by atoms with Crippen LogP contribution in [-0.4, -0.2) is 40.1 Å². The first-order chi connectivity index (χ1) is 15.9. The standard InChI is InChI=1S/C24H24N6O2S/c1-13-5-20(27-7-15(13)6-25)23-28-8-16(33-23)9-30-10-21(29-22(26)11-30)17-3-4-18-19(14(17)2)12-32-24(18)31/h3-5,7-8,21-22,29H,9-12,26H2,1-2H3/t21-,22+/m0/s1. The maximum atomic E-state index is 11.9. The Bertz CT molecular complexity index is 1280. The van der Waals surface area contributed by atoms with Gasteiger partial charge in [-0.15, -0.1) is 11.3 Å². The van der Waals surface area contributed by atoms with E-state index >= 15 is 0 Å². The summed E-state index contributed by atoms with van der Waals surface area (Å²) in [5.74, 6) is -0.248. The second-order valence-electron chi connectivity index (χ2n) is 8.53. The van der Waals surface area contributed by atoms with E-state index in [0.29, 0.717) is 17.7 Å². The second-order valence-corrected chi connectivity index (χ2v) is 9.65. The van der Waals surface area contributed by atoms with Crippen LogP contribution in [0.2, 0.25) is 0 Å². The van der Waals surface area contributed by atoms with Crippen LogP contribution >= 0.6 is 11.3 Å². The van der Waals surface area contributed by atoms with Crippen molar-refractivity contribution in [3.8, 4) is 16.8 Å². The Labute approximate surface area is 196 Å². The first kappa shape index (κ1) is 21.7. The number of nitriles is 1. The van der Waals surface area contributed by atoms with Crippen LogP contribution in [0.25, 0.3) is 10.7 Å². The van der Waals surface area contributed by atoms with Crippen molar-refractivity contribution in [1.82, 2.24) is 20.2 Å². The molecule has 2 aliphatic rings. The lowest BCUT2D eigenvalue weighted by Gasteiger charge is -2.38. The number of thiazole rings is 1. The Kier molecular flexibility index (Phi) is 5.68. The molecule has 1 fully saturated rings. The lowest BCUT2D eigenvalue weighted by atomic mass is 9.93. The lowest BCUT2D eigenvalue weighted by Crippen LogP contribution is -2.56. The molecule has 3 N–H and O–H groups in total. The Balaban J connectivity index is 1.33. The van der Waals surface area contributed by atoms with Gasteiger partial charge < -0.3 is 10.5 Å². The van der Waals surface area contributed by atoms with Crippen molar-refractivity contribution < 1.29 is 9.53 Å². The van der Waals surface area contributed by atoms with Crippen LogP contribution in [0, 0.1) is 25.2 Å². The SMILES string of the molecule is Cc1cc(-c2ncc(CN3C[C@@H](c4ccc5c(c4C)COC5=O)N[C@@H](N)C3)s2)ncc1C#N. The molecule has 1 aromatic carbocycles. The van der Waals surface area contributed by atoms with Crippen LogP contribution in [0.3, 0.4) is 0 Å². The largest absolute Gasteiger partial charge is 0.457 e. The average Bonchev–Trinajstić information content (AvgIpc) is 3.41. The predicted molar refractivity (Wildman–Crippen MR) is 124 cm³/mol. The number of carbonyl (C=O) groups excluding carboxylic acids is 1. The van der Waals surface area contributed by atoms with E-state index in [4.69, 9.17) is 15.7 Å². The van der Waals surface area contributed by atoms with E-state index in [2.05, 4.69) is 26.3 Å². The van der Waals surface area contributed by atoms with Gasteiger partial charge in [-0.2, -0.15) is 5.26 Å². The molecule has 168 valence electrons. The molecule has 0 bridgehead atoms. The van der Waals surface area contributed by atoms with Crippen LogP contribution < -0.4 is 11.1 Å². The maximum Gasteiger partial charge on any atom is 0.338 e. The van der Waals surface area contributed by atoms with Crippen LogP contribution in [0.4, 0.5) is 0 Å². The number of pyridine rings is 1. The molecule has 0 unspecified atom stereocenters. The number of benzene rings is 1. The second kappa shape index (κ2) is 8.65. The first-order valence-corrected chi connectivity index (χ1v) is 11.6. The number of rotatable bonds is 4. The van der Waals surface area contributed by atoms with E-state index in [-0.39, 0.29) is 18.2 Å². The zero-order valence-electron chi connectivity index (χ0n) is 18.5. The van der Waals surface area contributed by atoms with Gasteiger partial charge in [0.25, 0.3) is 0 Å². The predicted octanol–water partition coefficient (Wildman–Crippen LogP) is 2.80. The number of hydrogen-bond donors (Lipinski definition) is 2. The minimum atomic E-state index is -0.248. The van der Waals surface area contributed by atoms with Crippen molar-refractivity contribution in [2.45, 2.75) is 39.2 Å². The van der Waals surface area contributed by atoms with Gasteiger partial charge in [0.1, 0.15) is 17.7 Å². The van der Waals surface area contributed by atoms with Gasteiger partial charge in [-0.05, 0) is 42.7 Å². The molecule has 9 heteroatoms. The van der Waals surface area contributed by atoms with Gasteiger partial charge in [0.15, 0.2) is 0 Å². The van der Waals surface area contributed by atoms with Gasteiger partial charge in [0, 0.05) is 48.5 Å².